The largest absolute Gasteiger partial charge is 0.399 e. The van der Waals surface area contributed by atoms with Crippen LogP contribution >= 0.6 is 22.9 Å². The first-order valence-electron chi connectivity index (χ1n) is 5.93. The smallest absolute Gasteiger partial charge is 0.253 e. The van der Waals surface area contributed by atoms with Gasteiger partial charge >= 0.3 is 0 Å². The van der Waals surface area contributed by atoms with Gasteiger partial charge < -0.3 is 11.1 Å². The average molecular weight is 295 g/mol. The van der Waals surface area contributed by atoms with Gasteiger partial charge in [0.05, 0.1) is 10.6 Å². The van der Waals surface area contributed by atoms with Crippen LogP contribution in [0, 0.1) is 0 Å². The Balaban J connectivity index is 2.02. The predicted molar refractivity (Wildman–Crippen MR) is 80.8 cm³/mol. The van der Waals surface area contributed by atoms with Gasteiger partial charge in [-0.05, 0) is 53.9 Å². The summed E-state index contributed by atoms with van der Waals surface area (Å²) in [6.45, 7) is 1.97. The zero-order valence-corrected chi connectivity index (χ0v) is 12.1. The molecule has 0 fully saturated rings. The lowest BCUT2D eigenvalue weighted by Crippen LogP contribution is -2.34. The van der Waals surface area contributed by atoms with Gasteiger partial charge in [-0.1, -0.05) is 11.6 Å². The van der Waals surface area contributed by atoms with E-state index in [0.29, 0.717) is 16.3 Å². The number of benzene rings is 1. The molecule has 3 N–H and O–H groups in total. The Kier molecular flexibility index (Phi) is 4.45. The third kappa shape index (κ3) is 3.72. The van der Waals surface area contributed by atoms with Crippen molar-refractivity contribution in [1.29, 1.82) is 0 Å². The molecule has 1 amide bonds. The van der Waals surface area contributed by atoms with Gasteiger partial charge in [-0.15, -0.1) is 0 Å². The van der Waals surface area contributed by atoms with Gasteiger partial charge in [0, 0.05) is 11.7 Å². The standard InChI is InChI=1S/C14H15ClN2OS/c1-9(6-10-4-5-19-8-10)17-14(18)12-7-11(16)2-3-13(12)15/h2-5,7-9H,6,16H2,1H3,(H,17,18). The van der Waals surface area contributed by atoms with Crippen LogP contribution in [-0.2, 0) is 6.42 Å². The van der Waals surface area contributed by atoms with E-state index in [4.69, 9.17) is 17.3 Å². The first-order chi connectivity index (χ1) is 9.06. The predicted octanol–water partition coefficient (Wildman–Crippen LogP) is 3.34. The molecule has 1 aromatic carbocycles. The number of hydrogen-bond donors (Lipinski definition) is 2. The number of halogens is 1. The summed E-state index contributed by atoms with van der Waals surface area (Å²) in [6.07, 6.45) is 0.801. The molecular formula is C14H15ClN2OS. The quantitative estimate of drug-likeness (QED) is 0.850. The Morgan fingerprint density at radius 1 is 1.47 bits per heavy atom. The summed E-state index contributed by atoms with van der Waals surface area (Å²) in [5, 5.41) is 7.45. The lowest BCUT2D eigenvalue weighted by atomic mass is 10.1. The molecule has 2 rings (SSSR count). The molecule has 0 saturated heterocycles. The summed E-state index contributed by atoms with van der Waals surface area (Å²) in [6, 6.07) is 7.00. The van der Waals surface area contributed by atoms with E-state index >= 15 is 0 Å². The second kappa shape index (κ2) is 6.08. The van der Waals surface area contributed by atoms with Crippen LogP contribution in [0.15, 0.2) is 35.0 Å². The highest BCUT2D eigenvalue weighted by Crippen LogP contribution is 2.19. The van der Waals surface area contributed by atoms with Gasteiger partial charge in [0.1, 0.15) is 0 Å². The fourth-order valence-corrected chi connectivity index (χ4v) is 2.72. The Labute approximate surface area is 121 Å². The van der Waals surface area contributed by atoms with Crippen molar-refractivity contribution >= 4 is 34.5 Å². The zero-order valence-electron chi connectivity index (χ0n) is 10.5. The van der Waals surface area contributed by atoms with Crippen molar-refractivity contribution in [1.82, 2.24) is 5.32 Å². The normalized spacial score (nSPS) is 12.1. The number of rotatable bonds is 4. The average Bonchev–Trinajstić information content (AvgIpc) is 2.84. The maximum absolute atomic E-state index is 12.1. The van der Waals surface area contributed by atoms with E-state index in [1.807, 2.05) is 12.3 Å². The molecule has 0 aliphatic heterocycles. The van der Waals surface area contributed by atoms with Crippen LogP contribution in [0.3, 0.4) is 0 Å². The van der Waals surface area contributed by atoms with Crippen molar-refractivity contribution in [3.05, 3.63) is 51.2 Å². The van der Waals surface area contributed by atoms with Gasteiger partial charge in [-0.2, -0.15) is 11.3 Å². The third-order valence-corrected chi connectivity index (χ3v) is 3.80. The van der Waals surface area contributed by atoms with Gasteiger partial charge in [0.15, 0.2) is 0 Å². The molecule has 0 aliphatic rings. The first-order valence-corrected chi connectivity index (χ1v) is 7.25. The SMILES string of the molecule is CC(Cc1ccsc1)NC(=O)c1cc(N)ccc1Cl. The van der Waals surface area contributed by atoms with E-state index in [0.717, 1.165) is 6.42 Å². The maximum Gasteiger partial charge on any atom is 0.253 e. The van der Waals surface area contributed by atoms with Crippen LogP contribution in [0.5, 0.6) is 0 Å². The van der Waals surface area contributed by atoms with Crippen LogP contribution in [0.4, 0.5) is 5.69 Å². The number of carbonyl (C=O) groups excluding carboxylic acids is 1. The number of nitrogen functional groups attached to an aromatic ring is 1. The number of thiophene rings is 1. The first kappa shape index (κ1) is 13.9. The summed E-state index contributed by atoms with van der Waals surface area (Å²) >= 11 is 7.65. The lowest BCUT2D eigenvalue weighted by Gasteiger charge is -2.14. The molecule has 1 atom stereocenters. The van der Waals surface area contributed by atoms with Crippen LogP contribution < -0.4 is 11.1 Å². The number of nitrogens with one attached hydrogen (secondary N) is 1. The fraction of sp³-hybridized carbons (Fsp3) is 0.214. The zero-order chi connectivity index (χ0) is 13.8. The Morgan fingerprint density at radius 3 is 2.95 bits per heavy atom. The summed E-state index contributed by atoms with van der Waals surface area (Å²) in [4.78, 5) is 12.1. The molecule has 5 heteroatoms. The lowest BCUT2D eigenvalue weighted by molar-refractivity contribution is 0.0940. The Hall–Kier alpha value is -1.52. The minimum Gasteiger partial charge on any atom is -0.399 e. The molecule has 100 valence electrons. The van der Waals surface area contributed by atoms with Crippen molar-refractivity contribution in [3.8, 4) is 0 Å². The summed E-state index contributed by atoms with van der Waals surface area (Å²) < 4.78 is 0. The van der Waals surface area contributed by atoms with Gasteiger partial charge in [-0.25, -0.2) is 0 Å². The van der Waals surface area contributed by atoms with Crippen molar-refractivity contribution in [2.75, 3.05) is 5.73 Å². The van der Waals surface area contributed by atoms with Crippen molar-refractivity contribution < 1.29 is 4.79 Å². The fourth-order valence-electron chi connectivity index (χ4n) is 1.83. The van der Waals surface area contributed by atoms with E-state index in [9.17, 15) is 4.79 Å². The topological polar surface area (TPSA) is 55.1 Å². The molecule has 0 bridgehead atoms. The molecule has 1 aromatic heterocycles. The van der Waals surface area contributed by atoms with E-state index in [1.54, 1.807) is 29.5 Å². The molecular weight excluding hydrogens is 280 g/mol. The highest BCUT2D eigenvalue weighted by Gasteiger charge is 2.13. The number of hydrogen-bond acceptors (Lipinski definition) is 3. The van der Waals surface area contributed by atoms with Crippen LogP contribution in [0.1, 0.15) is 22.8 Å². The molecule has 0 saturated carbocycles. The molecule has 0 radical (unpaired) electrons. The second-order valence-electron chi connectivity index (χ2n) is 4.45. The molecule has 0 aliphatic carbocycles. The maximum atomic E-state index is 12.1. The van der Waals surface area contributed by atoms with E-state index in [-0.39, 0.29) is 11.9 Å². The monoisotopic (exact) mass is 294 g/mol. The van der Waals surface area contributed by atoms with E-state index < -0.39 is 0 Å². The minimum absolute atomic E-state index is 0.0413. The van der Waals surface area contributed by atoms with Crippen molar-refractivity contribution in [2.45, 2.75) is 19.4 Å². The molecule has 2 aromatic rings. The summed E-state index contributed by atoms with van der Waals surface area (Å²) in [5.41, 5.74) is 7.83. The highest BCUT2D eigenvalue weighted by atomic mass is 35.5. The van der Waals surface area contributed by atoms with E-state index in [1.165, 1.54) is 5.56 Å². The molecule has 0 spiro atoms. The summed E-state index contributed by atoms with van der Waals surface area (Å²) in [5.74, 6) is -0.194. The van der Waals surface area contributed by atoms with Crippen LogP contribution in [0.2, 0.25) is 5.02 Å². The van der Waals surface area contributed by atoms with Gasteiger partial charge in [0.2, 0.25) is 0 Å². The molecule has 19 heavy (non-hydrogen) atoms. The van der Waals surface area contributed by atoms with Gasteiger partial charge in [0.25, 0.3) is 5.91 Å². The molecule has 1 unspecified atom stereocenters. The third-order valence-electron chi connectivity index (χ3n) is 2.73. The number of amides is 1. The Morgan fingerprint density at radius 2 is 2.26 bits per heavy atom. The van der Waals surface area contributed by atoms with Crippen LogP contribution in [-0.4, -0.2) is 11.9 Å². The second-order valence-corrected chi connectivity index (χ2v) is 5.64. The van der Waals surface area contributed by atoms with Crippen LogP contribution in [0.25, 0.3) is 0 Å². The number of nitrogens with two attached hydrogens (primary N) is 1. The van der Waals surface area contributed by atoms with Crippen molar-refractivity contribution in [3.63, 3.8) is 0 Å². The van der Waals surface area contributed by atoms with Crippen molar-refractivity contribution in [2.24, 2.45) is 0 Å². The number of carbonyl (C=O) groups is 1. The Bertz CT molecular complexity index is 569. The highest BCUT2D eigenvalue weighted by molar-refractivity contribution is 7.07. The summed E-state index contributed by atoms with van der Waals surface area (Å²) in [7, 11) is 0. The molecule has 3 nitrogen and oxygen atoms in total. The molecule has 1 heterocycles. The minimum atomic E-state index is -0.194. The van der Waals surface area contributed by atoms with E-state index in [2.05, 4.69) is 16.8 Å². The number of anilines is 1. The van der Waals surface area contributed by atoms with Gasteiger partial charge in [-0.3, -0.25) is 4.79 Å².